The molecule has 0 aliphatic carbocycles. The Morgan fingerprint density at radius 3 is 2.50 bits per heavy atom. The van der Waals surface area contributed by atoms with Crippen molar-refractivity contribution >= 4 is 34.9 Å². The van der Waals surface area contributed by atoms with Crippen molar-refractivity contribution in [1.29, 1.82) is 0 Å². The molecule has 0 aliphatic rings. The third-order valence-corrected chi connectivity index (χ3v) is 1.91. The minimum atomic E-state index is -0.567. The number of allylic oxidation sites excluding steroid dienone is 2. The molecule has 0 heterocycles. The predicted molar refractivity (Wildman–Crippen MR) is 67.9 cm³/mol. The molecule has 16 heavy (non-hydrogen) atoms. The molecule has 0 spiro atoms. The smallest absolute Gasteiger partial charge is 0.356 e. The number of aliphatic imine (C=N–C) groups is 1. The fourth-order valence-electron chi connectivity index (χ4n) is 0.854. The topological polar surface area (TPSA) is 38.7 Å². The largest absolute Gasteiger partial charge is 0.464 e. The summed E-state index contributed by atoms with van der Waals surface area (Å²) >= 11 is 11.5. The molecule has 0 aromatic heterocycles. The molecule has 0 aromatic rings. The van der Waals surface area contributed by atoms with Gasteiger partial charge in [0.05, 0.1) is 7.11 Å². The van der Waals surface area contributed by atoms with Crippen molar-refractivity contribution in [2.24, 2.45) is 4.99 Å². The molecule has 0 rings (SSSR count). The van der Waals surface area contributed by atoms with Crippen LogP contribution in [-0.4, -0.2) is 18.8 Å². The van der Waals surface area contributed by atoms with Crippen LogP contribution in [0.1, 0.15) is 26.7 Å². The second-order valence-electron chi connectivity index (χ2n) is 3.04. The zero-order valence-corrected chi connectivity index (χ0v) is 11.1. The lowest BCUT2D eigenvalue weighted by molar-refractivity contribution is -0.132. The Hall–Kier alpha value is -0.800. The summed E-state index contributed by atoms with van der Waals surface area (Å²) in [5, 5.41) is 0.695. The molecule has 0 amide bonds. The van der Waals surface area contributed by atoms with Crippen molar-refractivity contribution in [3.05, 3.63) is 22.3 Å². The highest BCUT2D eigenvalue weighted by atomic mass is 35.5. The number of carbonyl (C=O) groups is 1. The highest BCUT2D eigenvalue weighted by Crippen LogP contribution is 2.09. The number of esters is 1. The summed E-state index contributed by atoms with van der Waals surface area (Å²) in [7, 11) is 1.28. The Morgan fingerprint density at radius 1 is 1.44 bits per heavy atom. The maximum absolute atomic E-state index is 11.3. The Kier molecular flexibility index (Phi) is 7.95. The molecule has 0 aliphatic heterocycles. The lowest BCUT2D eigenvalue weighted by Crippen LogP contribution is -2.13. The van der Waals surface area contributed by atoms with Gasteiger partial charge in [0.2, 0.25) is 0 Å². The molecule has 90 valence electrons. The average Bonchev–Trinajstić information content (AvgIpc) is 2.23. The van der Waals surface area contributed by atoms with Gasteiger partial charge in [0.25, 0.3) is 0 Å². The second-order valence-corrected chi connectivity index (χ2v) is 4.02. The molecule has 0 bridgehead atoms. The molecule has 0 fully saturated rings. The Balaban J connectivity index is 4.96. The van der Waals surface area contributed by atoms with Gasteiger partial charge >= 0.3 is 5.97 Å². The van der Waals surface area contributed by atoms with Gasteiger partial charge in [0.1, 0.15) is 5.16 Å². The molecule has 5 heteroatoms. The monoisotopic (exact) mass is 263 g/mol. The van der Waals surface area contributed by atoms with Crippen LogP contribution in [0, 0.1) is 0 Å². The first-order valence-electron chi connectivity index (χ1n) is 4.87. The summed E-state index contributed by atoms with van der Waals surface area (Å²) in [6.07, 6.45) is 4.92. The first-order chi connectivity index (χ1) is 7.51. The van der Waals surface area contributed by atoms with Gasteiger partial charge in [0, 0.05) is 5.03 Å². The first-order valence-corrected chi connectivity index (χ1v) is 5.63. The minimum Gasteiger partial charge on any atom is -0.464 e. The number of ether oxygens (including phenoxy) is 1. The number of halogens is 2. The van der Waals surface area contributed by atoms with Gasteiger partial charge in [-0.3, -0.25) is 0 Å². The molecular formula is C11H15Cl2NO2. The summed E-state index contributed by atoms with van der Waals surface area (Å²) in [6, 6.07) is 0. The highest BCUT2D eigenvalue weighted by Gasteiger charge is 2.09. The van der Waals surface area contributed by atoms with Crippen LogP contribution >= 0.6 is 23.2 Å². The van der Waals surface area contributed by atoms with E-state index in [0.717, 1.165) is 12.8 Å². The Labute approximate surface area is 106 Å². The van der Waals surface area contributed by atoms with E-state index in [9.17, 15) is 4.79 Å². The van der Waals surface area contributed by atoms with E-state index in [1.807, 2.05) is 6.92 Å². The number of hydrogen-bond acceptors (Lipinski definition) is 3. The number of unbranched alkanes of at least 4 members (excludes halogenated alkanes) is 1. The number of carbonyl (C=O) groups excluding carboxylic acids is 1. The lowest BCUT2D eigenvalue weighted by atomic mass is 10.3. The van der Waals surface area contributed by atoms with E-state index in [-0.39, 0.29) is 10.9 Å². The van der Waals surface area contributed by atoms with Crippen molar-refractivity contribution in [3.8, 4) is 0 Å². The maximum atomic E-state index is 11.3. The van der Waals surface area contributed by atoms with E-state index in [2.05, 4.69) is 9.73 Å². The van der Waals surface area contributed by atoms with Crippen molar-refractivity contribution in [2.45, 2.75) is 26.7 Å². The van der Waals surface area contributed by atoms with E-state index in [1.165, 1.54) is 13.2 Å². The molecule has 0 N–H and O–H groups in total. The van der Waals surface area contributed by atoms with Gasteiger partial charge in [-0.05, 0) is 25.5 Å². The summed E-state index contributed by atoms with van der Waals surface area (Å²) < 4.78 is 4.56. The number of methoxy groups -OCH3 is 1. The van der Waals surface area contributed by atoms with Crippen LogP contribution < -0.4 is 0 Å². The summed E-state index contributed by atoms with van der Waals surface area (Å²) in [5.74, 6) is -0.567. The molecule has 3 nitrogen and oxygen atoms in total. The van der Waals surface area contributed by atoms with Crippen molar-refractivity contribution in [3.63, 3.8) is 0 Å². The van der Waals surface area contributed by atoms with Crippen molar-refractivity contribution in [1.82, 2.24) is 0 Å². The molecule has 0 saturated carbocycles. The number of hydrogen-bond donors (Lipinski definition) is 0. The van der Waals surface area contributed by atoms with Gasteiger partial charge in [-0.2, -0.15) is 0 Å². The van der Waals surface area contributed by atoms with Gasteiger partial charge in [0.15, 0.2) is 5.71 Å². The van der Waals surface area contributed by atoms with Gasteiger partial charge in [-0.1, -0.05) is 36.5 Å². The van der Waals surface area contributed by atoms with Crippen LogP contribution in [0.2, 0.25) is 0 Å². The zero-order chi connectivity index (χ0) is 12.6. The quantitative estimate of drug-likeness (QED) is 0.432. The van der Waals surface area contributed by atoms with Crippen molar-refractivity contribution in [2.75, 3.05) is 7.11 Å². The summed E-state index contributed by atoms with van der Waals surface area (Å²) in [5.41, 5.74) is 0.0901. The van der Waals surface area contributed by atoms with E-state index in [4.69, 9.17) is 23.2 Å². The Morgan fingerprint density at radius 2 is 2.06 bits per heavy atom. The normalized spacial score (nSPS) is 13.9. The molecule has 0 atom stereocenters. The van der Waals surface area contributed by atoms with E-state index >= 15 is 0 Å². The lowest BCUT2D eigenvalue weighted by Gasteiger charge is -1.99. The van der Waals surface area contributed by atoms with Gasteiger partial charge < -0.3 is 4.74 Å². The summed E-state index contributed by atoms with van der Waals surface area (Å²) in [4.78, 5) is 15.2. The minimum absolute atomic E-state index is 0.0901. The molecule has 0 saturated heterocycles. The standard InChI is InChI=1S/C11H15Cl2NO2/c1-4-5-6-10(13)14-9(7-8(2)12)11(15)16-3/h6-7H,4-5H2,1-3H3/b8-7+,10-6+,14-9+. The third-order valence-electron chi connectivity index (χ3n) is 1.56. The second kappa shape index (κ2) is 8.36. The van der Waals surface area contributed by atoms with E-state index in [0.29, 0.717) is 5.03 Å². The van der Waals surface area contributed by atoms with Crippen molar-refractivity contribution < 1.29 is 9.53 Å². The van der Waals surface area contributed by atoms with Gasteiger partial charge in [-0.25, -0.2) is 9.79 Å². The fraction of sp³-hybridized carbons (Fsp3) is 0.455. The highest BCUT2D eigenvalue weighted by molar-refractivity contribution is 6.45. The summed E-state index contributed by atoms with van der Waals surface area (Å²) in [6.45, 7) is 3.66. The van der Waals surface area contributed by atoms with Crippen LogP contribution in [0.15, 0.2) is 27.3 Å². The van der Waals surface area contributed by atoms with E-state index < -0.39 is 5.97 Å². The fourth-order valence-corrected chi connectivity index (χ4v) is 1.16. The van der Waals surface area contributed by atoms with Crippen LogP contribution in [0.5, 0.6) is 0 Å². The van der Waals surface area contributed by atoms with Crippen LogP contribution in [0.4, 0.5) is 0 Å². The van der Waals surface area contributed by atoms with Gasteiger partial charge in [-0.15, -0.1) is 0 Å². The molecule has 0 unspecified atom stereocenters. The maximum Gasteiger partial charge on any atom is 0.356 e. The van der Waals surface area contributed by atoms with E-state index in [1.54, 1.807) is 13.0 Å². The number of rotatable bonds is 5. The number of nitrogens with zero attached hydrogens (tertiary/aromatic N) is 1. The molecular weight excluding hydrogens is 249 g/mol. The molecule has 0 aromatic carbocycles. The molecule has 0 radical (unpaired) electrons. The predicted octanol–water partition coefficient (Wildman–Crippen LogP) is 3.62. The van der Waals surface area contributed by atoms with Crippen LogP contribution in [0.3, 0.4) is 0 Å². The average molecular weight is 264 g/mol. The van der Waals surface area contributed by atoms with Crippen LogP contribution in [-0.2, 0) is 9.53 Å². The third kappa shape index (κ3) is 6.64. The SMILES string of the molecule is CCC/C=C(Cl)/N=C(\C=C(/C)Cl)C(=O)OC. The van der Waals surface area contributed by atoms with Crippen LogP contribution in [0.25, 0.3) is 0 Å². The zero-order valence-electron chi connectivity index (χ0n) is 9.59. The first kappa shape index (κ1) is 15.2. The Bertz CT molecular complexity index is 329.